The molecular weight excluding hydrogens is 384 g/mol. The fourth-order valence-electron chi connectivity index (χ4n) is 3.44. The molecule has 3 aromatic rings. The van der Waals surface area contributed by atoms with Gasteiger partial charge in [0.25, 0.3) is 0 Å². The summed E-state index contributed by atoms with van der Waals surface area (Å²) in [4.78, 5) is 28.0. The second-order valence-electron chi connectivity index (χ2n) is 7.02. The normalized spacial score (nSPS) is 16.8. The van der Waals surface area contributed by atoms with Crippen molar-refractivity contribution in [2.24, 2.45) is 5.92 Å². The zero-order chi connectivity index (χ0) is 20.1. The summed E-state index contributed by atoms with van der Waals surface area (Å²) in [7, 11) is 0. The minimum Gasteiger partial charge on any atom is -0.464 e. The lowest BCUT2D eigenvalue weighted by Gasteiger charge is -2.31. The summed E-state index contributed by atoms with van der Waals surface area (Å²) >= 11 is 1.59. The second-order valence-corrected chi connectivity index (χ2v) is 8.00. The molecule has 0 aliphatic carbocycles. The van der Waals surface area contributed by atoms with Crippen LogP contribution >= 0.6 is 11.3 Å². The van der Waals surface area contributed by atoms with Crippen LogP contribution in [0.15, 0.2) is 70.7 Å². The molecule has 0 spiro atoms. The van der Waals surface area contributed by atoms with Gasteiger partial charge >= 0.3 is 0 Å². The monoisotopic (exact) mass is 406 g/mol. The highest BCUT2D eigenvalue weighted by Crippen LogP contribution is 2.23. The lowest BCUT2D eigenvalue weighted by molar-refractivity contribution is -0.130. The molecular formula is C23H22N2O3S. The molecule has 1 N–H and O–H groups in total. The van der Waals surface area contributed by atoms with Crippen LogP contribution in [0.4, 0.5) is 5.69 Å². The lowest BCUT2D eigenvalue weighted by atomic mass is 9.97. The van der Waals surface area contributed by atoms with Crippen LogP contribution in [-0.2, 0) is 9.59 Å². The number of amides is 2. The molecule has 0 bridgehead atoms. The predicted octanol–water partition coefficient (Wildman–Crippen LogP) is 4.90. The van der Waals surface area contributed by atoms with Crippen molar-refractivity contribution in [3.8, 4) is 11.3 Å². The van der Waals surface area contributed by atoms with E-state index in [0.717, 1.165) is 34.7 Å². The number of carbonyl (C=O) groups is 2. The van der Waals surface area contributed by atoms with Crippen LogP contribution in [0, 0.1) is 5.92 Å². The highest BCUT2D eigenvalue weighted by atomic mass is 32.1. The Labute approximate surface area is 173 Å². The number of piperidine rings is 1. The first-order valence-electron chi connectivity index (χ1n) is 9.64. The molecule has 4 rings (SSSR count). The summed E-state index contributed by atoms with van der Waals surface area (Å²) in [6.07, 6.45) is 6.68. The highest BCUT2D eigenvalue weighted by Gasteiger charge is 2.27. The minimum atomic E-state index is -0.201. The third-order valence-corrected chi connectivity index (χ3v) is 5.83. The molecule has 2 aromatic heterocycles. The van der Waals surface area contributed by atoms with Crippen LogP contribution in [0.3, 0.4) is 0 Å². The summed E-state index contributed by atoms with van der Waals surface area (Å²) in [6, 6.07) is 15.2. The Kier molecular flexibility index (Phi) is 5.91. The quantitative estimate of drug-likeness (QED) is 0.613. The molecule has 6 heteroatoms. The van der Waals surface area contributed by atoms with E-state index >= 15 is 0 Å². The van der Waals surface area contributed by atoms with E-state index in [0.29, 0.717) is 13.1 Å². The van der Waals surface area contributed by atoms with E-state index in [-0.39, 0.29) is 17.7 Å². The van der Waals surface area contributed by atoms with Gasteiger partial charge in [-0.3, -0.25) is 9.59 Å². The van der Waals surface area contributed by atoms with E-state index in [1.54, 1.807) is 28.6 Å². The number of thiophene rings is 1. The van der Waals surface area contributed by atoms with Crippen LogP contribution < -0.4 is 5.32 Å². The van der Waals surface area contributed by atoms with Gasteiger partial charge in [-0.2, -0.15) is 0 Å². The van der Waals surface area contributed by atoms with Crippen molar-refractivity contribution in [2.45, 2.75) is 12.8 Å². The molecule has 1 saturated heterocycles. The molecule has 3 heterocycles. The van der Waals surface area contributed by atoms with E-state index in [2.05, 4.69) is 5.32 Å². The van der Waals surface area contributed by atoms with Crippen LogP contribution in [0.5, 0.6) is 0 Å². The number of hydrogen-bond acceptors (Lipinski definition) is 4. The Morgan fingerprint density at radius 3 is 2.72 bits per heavy atom. The molecule has 1 aromatic carbocycles. The molecule has 1 aliphatic rings. The standard InChI is InChI=1S/C23H22N2O3S/c26-22(12-11-20-5-3-15-29-20)25-13-1-4-18(16-25)23(27)24-19-9-7-17(8-10-19)21-6-2-14-28-21/h2-3,5-12,14-15,18H,1,4,13,16H2,(H,24,27)/b12-11+. The molecule has 148 valence electrons. The Balaban J connectivity index is 1.34. The summed E-state index contributed by atoms with van der Waals surface area (Å²) in [6.45, 7) is 1.14. The van der Waals surface area contributed by atoms with Crippen molar-refractivity contribution in [1.29, 1.82) is 0 Å². The Morgan fingerprint density at radius 2 is 2.00 bits per heavy atom. The lowest BCUT2D eigenvalue weighted by Crippen LogP contribution is -2.43. The van der Waals surface area contributed by atoms with Gasteiger partial charge in [-0.25, -0.2) is 0 Å². The van der Waals surface area contributed by atoms with E-state index in [4.69, 9.17) is 4.42 Å². The average Bonchev–Trinajstić information content (AvgIpc) is 3.47. The number of hydrogen-bond donors (Lipinski definition) is 1. The van der Waals surface area contributed by atoms with Gasteiger partial charge in [0.2, 0.25) is 11.8 Å². The summed E-state index contributed by atoms with van der Waals surface area (Å²) < 4.78 is 5.38. The number of carbonyl (C=O) groups excluding carboxylic acids is 2. The molecule has 2 amide bonds. The van der Waals surface area contributed by atoms with Crippen molar-refractivity contribution < 1.29 is 14.0 Å². The number of likely N-dealkylation sites (tertiary alicyclic amines) is 1. The Hall–Kier alpha value is -3.12. The van der Waals surface area contributed by atoms with Gasteiger partial charge in [0.1, 0.15) is 5.76 Å². The van der Waals surface area contributed by atoms with E-state index in [1.165, 1.54) is 0 Å². The van der Waals surface area contributed by atoms with E-state index in [1.807, 2.05) is 60.0 Å². The van der Waals surface area contributed by atoms with Crippen molar-refractivity contribution in [3.63, 3.8) is 0 Å². The second kappa shape index (κ2) is 8.92. The number of furan rings is 1. The van der Waals surface area contributed by atoms with Crippen LogP contribution in [0.1, 0.15) is 17.7 Å². The third kappa shape index (κ3) is 4.84. The Bertz CT molecular complexity index is 976. The fourth-order valence-corrected chi connectivity index (χ4v) is 4.06. The number of anilines is 1. The molecule has 1 aliphatic heterocycles. The van der Waals surface area contributed by atoms with Gasteiger partial charge < -0.3 is 14.6 Å². The number of nitrogens with zero attached hydrogens (tertiary/aromatic N) is 1. The zero-order valence-electron chi connectivity index (χ0n) is 15.9. The Morgan fingerprint density at radius 1 is 1.14 bits per heavy atom. The van der Waals surface area contributed by atoms with Crippen LogP contribution in [0.2, 0.25) is 0 Å². The smallest absolute Gasteiger partial charge is 0.246 e. The number of benzene rings is 1. The average molecular weight is 407 g/mol. The zero-order valence-corrected chi connectivity index (χ0v) is 16.7. The molecule has 0 saturated carbocycles. The van der Waals surface area contributed by atoms with Gasteiger partial charge in [0, 0.05) is 35.3 Å². The topological polar surface area (TPSA) is 62.6 Å². The van der Waals surface area contributed by atoms with Gasteiger partial charge in [0.15, 0.2) is 0 Å². The number of rotatable bonds is 5. The van der Waals surface area contributed by atoms with Gasteiger partial charge in [0.05, 0.1) is 12.2 Å². The van der Waals surface area contributed by atoms with Gasteiger partial charge in [-0.1, -0.05) is 6.07 Å². The fraction of sp³-hybridized carbons (Fsp3) is 0.217. The van der Waals surface area contributed by atoms with Crippen molar-refractivity contribution in [3.05, 3.63) is 71.1 Å². The molecule has 1 atom stereocenters. The molecule has 5 nitrogen and oxygen atoms in total. The SMILES string of the molecule is O=C(Nc1ccc(-c2ccco2)cc1)C1CCCN(C(=O)/C=C/c2cccs2)C1. The first kappa shape index (κ1) is 19.2. The summed E-state index contributed by atoms with van der Waals surface area (Å²) in [5.41, 5.74) is 1.70. The first-order chi connectivity index (χ1) is 14.2. The van der Waals surface area contributed by atoms with Crippen LogP contribution in [-0.4, -0.2) is 29.8 Å². The first-order valence-corrected chi connectivity index (χ1v) is 10.5. The van der Waals surface area contributed by atoms with Gasteiger partial charge in [-0.15, -0.1) is 11.3 Å². The maximum Gasteiger partial charge on any atom is 0.246 e. The van der Waals surface area contributed by atoms with Crippen molar-refractivity contribution >= 4 is 34.9 Å². The maximum absolute atomic E-state index is 12.7. The van der Waals surface area contributed by atoms with Gasteiger partial charge in [-0.05, 0) is 66.8 Å². The summed E-state index contributed by atoms with van der Waals surface area (Å²) in [5.74, 6) is 0.502. The number of nitrogens with one attached hydrogen (secondary N) is 1. The largest absolute Gasteiger partial charge is 0.464 e. The predicted molar refractivity (Wildman–Crippen MR) is 115 cm³/mol. The molecule has 29 heavy (non-hydrogen) atoms. The minimum absolute atomic E-state index is 0.0429. The summed E-state index contributed by atoms with van der Waals surface area (Å²) in [5, 5.41) is 4.95. The van der Waals surface area contributed by atoms with Crippen molar-refractivity contribution in [1.82, 2.24) is 4.90 Å². The maximum atomic E-state index is 12.7. The third-order valence-electron chi connectivity index (χ3n) is 5.00. The van der Waals surface area contributed by atoms with E-state index in [9.17, 15) is 9.59 Å². The molecule has 1 unspecified atom stereocenters. The molecule has 0 radical (unpaired) electrons. The van der Waals surface area contributed by atoms with Crippen LogP contribution in [0.25, 0.3) is 17.4 Å². The molecule has 1 fully saturated rings. The van der Waals surface area contributed by atoms with Crippen molar-refractivity contribution in [2.75, 3.05) is 18.4 Å². The van der Waals surface area contributed by atoms with E-state index < -0.39 is 0 Å². The highest BCUT2D eigenvalue weighted by molar-refractivity contribution is 7.10.